The zero-order valence-corrected chi connectivity index (χ0v) is 14.7. The lowest BCUT2D eigenvalue weighted by atomic mass is 10.1. The summed E-state index contributed by atoms with van der Waals surface area (Å²) in [4.78, 5) is 8.40. The molecule has 7 nitrogen and oxygen atoms in total. The second-order valence-corrected chi connectivity index (χ2v) is 5.50. The molecular weight excluding hydrogens is 320 g/mol. The quantitative estimate of drug-likeness (QED) is 0.631. The van der Waals surface area contributed by atoms with Crippen molar-refractivity contribution in [3.8, 4) is 11.5 Å². The molecule has 2 rings (SSSR count). The number of aliphatic hydroxyl groups excluding tert-OH is 1. The summed E-state index contributed by atoms with van der Waals surface area (Å²) in [6.45, 7) is 5.88. The summed E-state index contributed by atoms with van der Waals surface area (Å²) < 4.78 is 10.5. The standard InChI is InChI=1S/C18H24N4O3/c1-5-6-13-11(2)21-18(19)22-17(13)20-10-14(23)12-7-8-15(24-3)16(9-12)25-4/h5,7-9,14,23H,1,6,10H2,2-4H3,(H3,19,20,21,22). The first-order valence-electron chi connectivity index (χ1n) is 7.87. The Bertz CT molecular complexity index is 749. The number of benzene rings is 1. The number of rotatable bonds is 8. The number of nitrogens with two attached hydrogens (primary N) is 1. The van der Waals surface area contributed by atoms with E-state index in [2.05, 4.69) is 21.9 Å². The van der Waals surface area contributed by atoms with Gasteiger partial charge in [-0.05, 0) is 31.0 Å². The number of allylic oxidation sites excluding steroid dienone is 1. The van der Waals surface area contributed by atoms with Crippen LogP contribution >= 0.6 is 0 Å². The van der Waals surface area contributed by atoms with Gasteiger partial charge in [0.2, 0.25) is 5.95 Å². The van der Waals surface area contributed by atoms with Crippen molar-refractivity contribution >= 4 is 11.8 Å². The molecule has 0 aliphatic carbocycles. The molecule has 0 saturated heterocycles. The molecule has 0 aliphatic heterocycles. The lowest BCUT2D eigenvalue weighted by Crippen LogP contribution is -2.16. The van der Waals surface area contributed by atoms with Gasteiger partial charge in [0.25, 0.3) is 0 Å². The van der Waals surface area contributed by atoms with Crippen molar-refractivity contribution in [1.82, 2.24) is 9.97 Å². The summed E-state index contributed by atoms with van der Waals surface area (Å²) >= 11 is 0. The molecule has 0 fully saturated rings. The highest BCUT2D eigenvalue weighted by molar-refractivity contribution is 5.51. The maximum atomic E-state index is 10.5. The summed E-state index contributed by atoms with van der Waals surface area (Å²) in [5.41, 5.74) is 8.13. The highest BCUT2D eigenvalue weighted by Gasteiger charge is 2.14. The third-order valence-electron chi connectivity index (χ3n) is 3.83. The average Bonchev–Trinajstić information content (AvgIpc) is 2.61. The number of ether oxygens (including phenoxy) is 2. The predicted molar refractivity (Wildman–Crippen MR) is 98.1 cm³/mol. The summed E-state index contributed by atoms with van der Waals surface area (Å²) in [6, 6.07) is 5.29. The Labute approximate surface area is 147 Å². The van der Waals surface area contributed by atoms with Gasteiger partial charge in [-0.15, -0.1) is 6.58 Å². The van der Waals surface area contributed by atoms with Crippen molar-refractivity contribution < 1.29 is 14.6 Å². The van der Waals surface area contributed by atoms with E-state index in [1.807, 2.05) is 6.92 Å². The fourth-order valence-electron chi connectivity index (χ4n) is 2.52. The lowest BCUT2D eigenvalue weighted by Gasteiger charge is -2.17. The molecule has 7 heteroatoms. The van der Waals surface area contributed by atoms with Crippen LogP contribution in [0, 0.1) is 6.92 Å². The van der Waals surface area contributed by atoms with Gasteiger partial charge in [-0.3, -0.25) is 0 Å². The Morgan fingerprint density at radius 1 is 1.28 bits per heavy atom. The molecule has 0 radical (unpaired) electrons. The minimum Gasteiger partial charge on any atom is -0.493 e. The van der Waals surface area contributed by atoms with Crippen molar-refractivity contribution in [3.05, 3.63) is 47.7 Å². The van der Waals surface area contributed by atoms with Crippen LogP contribution in [0.3, 0.4) is 0 Å². The highest BCUT2D eigenvalue weighted by atomic mass is 16.5. The molecule has 1 aromatic heterocycles. The van der Waals surface area contributed by atoms with Crippen LogP contribution < -0.4 is 20.5 Å². The number of nitrogens with zero attached hydrogens (tertiary/aromatic N) is 2. The number of hydrogen-bond donors (Lipinski definition) is 3. The molecule has 0 aliphatic rings. The number of anilines is 2. The average molecular weight is 344 g/mol. The van der Waals surface area contributed by atoms with Gasteiger partial charge >= 0.3 is 0 Å². The first kappa shape index (κ1) is 18.5. The van der Waals surface area contributed by atoms with Gasteiger partial charge in [0, 0.05) is 17.8 Å². The molecule has 0 spiro atoms. The van der Waals surface area contributed by atoms with Gasteiger partial charge in [-0.1, -0.05) is 12.1 Å². The second-order valence-electron chi connectivity index (χ2n) is 5.50. The fourth-order valence-corrected chi connectivity index (χ4v) is 2.52. The van der Waals surface area contributed by atoms with Crippen LogP contribution in [-0.4, -0.2) is 35.8 Å². The van der Waals surface area contributed by atoms with Crippen LogP contribution in [0.4, 0.5) is 11.8 Å². The number of aliphatic hydroxyl groups is 1. The van der Waals surface area contributed by atoms with Crippen LogP contribution in [0.2, 0.25) is 0 Å². The summed E-state index contributed by atoms with van der Waals surface area (Å²) in [7, 11) is 3.12. The Morgan fingerprint density at radius 3 is 2.64 bits per heavy atom. The van der Waals surface area contributed by atoms with Gasteiger partial charge in [0.05, 0.1) is 20.3 Å². The minimum atomic E-state index is -0.757. The maximum absolute atomic E-state index is 10.5. The lowest BCUT2D eigenvalue weighted by molar-refractivity contribution is 0.191. The third kappa shape index (κ3) is 4.39. The first-order valence-corrected chi connectivity index (χ1v) is 7.87. The van der Waals surface area contributed by atoms with E-state index in [0.29, 0.717) is 29.3 Å². The van der Waals surface area contributed by atoms with E-state index >= 15 is 0 Å². The predicted octanol–water partition coefficient (Wildman–Crippen LogP) is 2.26. The van der Waals surface area contributed by atoms with Gasteiger partial charge in [0.1, 0.15) is 5.82 Å². The van der Waals surface area contributed by atoms with Crippen molar-refractivity contribution in [2.45, 2.75) is 19.4 Å². The number of aryl methyl sites for hydroxylation is 1. The normalized spacial score (nSPS) is 11.7. The number of nitrogen functional groups attached to an aromatic ring is 1. The van der Waals surface area contributed by atoms with Crippen LogP contribution in [-0.2, 0) is 6.42 Å². The van der Waals surface area contributed by atoms with E-state index in [0.717, 1.165) is 11.3 Å². The zero-order chi connectivity index (χ0) is 18.4. The topological polar surface area (TPSA) is 103 Å². The molecule has 134 valence electrons. The Hall–Kier alpha value is -2.80. The number of hydrogen-bond acceptors (Lipinski definition) is 7. The molecule has 1 unspecified atom stereocenters. The second kappa shape index (κ2) is 8.34. The zero-order valence-electron chi connectivity index (χ0n) is 14.7. The van der Waals surface area contributed by atoms with Crippen LogP contribution in [0.25, 0.3) is 0 Å². The van der Waals surface area contributed by atoms with Gasteiger partial charge in [-0.25, -0.2) is 4.98 Å². The number of methoxy groups -OCH3 is 2. The Balaban J connectivity index is 2.17. The fraction of sp³-hybridized carbons (Fsp3) is 0.333. The van der Waals surface area contributed by atoms with Gasteiger partial charge < -0.3 is 25.6 Å². The van der Waals surface area contributed by atoms with E-state index in [9.17, 15) is 5.11 Å². The van der Waals surface area contributed by atoms with Crippen molar-refractivity contribution in [2.75, 3.05) is 31.8 Å². The van der Waals surface area contributed by atoms with Crippen LogP contribution in [0.5, 0.6) is 11.5 Å². The third-order valence-corrected chi connectivity index (χ3v) is 3.83. The van der Waals surface area contributed by atoms with Gasteiger partial charge in [-0.2, -0.15) is 4.98 Å². The molecule has 1 heterocycles. The van der Waals surface area contributed by atoms with Crippen molar-refractivity contribution in [1.29, 1.82) is 0 Å². The largest absolute Gasteiger partial charge is 0.493 e. The molecule has 2 aromatic rings. The van der Waals surface area contributed by atoms with Crippen molar-refractivity contribution in [3.63, 3.8) is 0 Å². The van der Waals surface area contributed by atoms with E-state index < -0.39 is 6.10 Å². The Morgan fingerprint density at radius 2 is 2.00 bits per heavy atom. The van der Waals surface area contributed by atoms with Gasteiger partial charge in [0.15, 0.2) is 11.5 Å². The maximum Gasteiger partial charge on any atom is 0.222 e. The summed E-state index contributed by atoms with van der Waals surface area (Å²) in [5, 5.41) is 13.6. The van der Waals surface area contributed by atoms with E-state index in [-0.39, 0.29) is 12.5 Å². The van der Waals surface area contributed by atoms with E-state index in [1.165, 1.54) is 0 Å². The van der Waals surface area contributed by atoms with E-state index in [4.69, 9.17) is 15.2 Å². The summed E-state index contributed by atoms with van der Waals surface area (Å²) in [5.74, 6) is 1.96. The molecule has 0 amide bonds. The monoisotopic (exact) mass is 344 g/mol. The first-order chi connectivity index (χ1) is 12.0. The van der Waals surface area contributed by atoms with Crippen molar-refractivity contribution in [2.24, 2.45) is 0 Å². The molecule has 1 atom stereocenters. The van der Waals surface area contributed by atoms with Crippen LogP contribution in [0.15, 0.2) is 30.9 Å². The minimum absolute atomic E-state index is 0.188. The number of nitrogens with one attached hydrogen (secondary N) is 1. The molecule has 0 bridgehead atoms. The summed E-state index contributed by atoms with van der Waals surface area (Å²) in [6.07, 6.45) is 1.63. The highest BCUT2D eigenvalue weighted by Crippen LogP contribution is 2.30. The number of aromatic nitrogens is 2. The van der Waals surface area contributed by atoms with Crippen LogP contribution in [0.1, 0.15) is 22.9 Å². The molecular formula is C18H24N4O3. The SMILES string of the molecule is C=CCc1c(C)nc(N)nc1NCC(O)c1ccc(OC)c(OC)c1. The molecule has 0 saturated carbocycles. The molecule has 1 aromatic carbocycles. The Kier molecular flexibility index (Phi) is 6.19. The molecule has 4 N–H and O–H groups in total. The van der Waals surface area contributed by atoms with E-state index in [1.54, 1.807) is 38.5 Å². The smallest absolute Gasteiger partial charge is 0.222 e. The molecule has 25 heavy (non-hydrogen) atoms.